The van der Waals surface area contributed by atoms with Crippen molar-refractivity contribution in [3.05, 3.63) is 36.6 Å². The summed E-state index contributed by atoms with van der Waals surface area (Å²) in [7, 11) is 0. The van der Waals surface area contributed by atoms with Crippen LogP contribution in [0.15, 0.2) is 36.6 Å². The lowest BCUT2D eigenvalue weighted by atomic mass is 9.33. The third-order valence-electron chi connectivity index (χ3n) is 13.4. The average Bonchev–Trinajstić information content (AvgIpc) is 3.52. The van der Waals surface area contributed by atoms with Gasteiger partial charge in [-0.2, -0.15) is 9.78 Å². The van der Waals surface area contributed by atoms with Crippen LogP contribution in [0, 0.1) is 56.7 Å². The largest absolute Gasteiger partial charge is 0.505 e. The number of aromatic nitrogens is 3. The van der Waals surface area contributed by atoms with Crippen LogP contribution in [-0.2, 0) is 4.79 Å². The first-order valence-corrected chi connectivity index (χ1v) is 14.8. The zero-order valence-electron chi connectivity index (χ0n) is 24.1. The number of aliphatic hydroxyl groups excluding tert-OH is 1. The van der Waals surface area contributed by atoms with Gasteiger partial charge in [-0.1, -0.05) is 46.8 Å². The summed E-state index contributed by atoms with van der Waals surface area (Å²) in [5, 5.41) is 15.1. The van der Waals surface area contributed by atoms with Gasteiger partial charge >= 0.3 is 0 Å². The molecule has 5 aliphatic carbocycles. The highest BCUT2D eigenvalue weighted by Gasteiger charge is 2.72. The number of aliphatic hydroxyl groups is 1. The molecule has 5 aliphatic rings. The molecule has 6 heteroatoms. The van der Waals surface area contributed by atoms with Gasteiger partial charge < -0.3 is 5.11 Å². The monoisotopic (exact) mass is 519 g/mol. The minimum Gasteiger partial charge on any atom is -0.505 e. The van der Waals surface area contributed by atoms with Gasteiger partial charge in [0.1, 0.15) is 12.7 Å². The molecule has 4 unspecified atom stereocenters. The quantitative estimate of drug-likeness (QED) is 0.434. The van der Waals surface area contributed by atoms with Crippen LogP contribution in [0.4, 0.5) is 0 Å². The molecule has 4 saturated carbocycles. The molecule has 206 valence electrons. The molecule has 0 amide bonds. The number of Topliss-reactive ketones (excluding diaryl/α,β-unsaturated/α-hetero) is 1. The number of hydrogen-bond acceptors (Lipinski definition) is 5. The van der Waals surface area contributed by atoms with E-state index >= 15 is 0 Å². The van der Waals surface area contributed by atoms with Crippen molar-refractivity contribution < 1.29 is 14.7 Å². The van der Waals surface area contributed by atoms with Gasteiger partial charge in [-0.3, -0.25) is 9.59 Å². The van der Waals surface area contributed by atoms with Gasteiger partial charge in [-0.05, 0) is 110 Å². The molecule has 1 heterocycles. The molecule has 9 atom stereocenters. The van der Waals surface area contributed by atoms with Crippen LogP contribution in [0.1, 0.15) is 97.7 Å². The predicted molar refractivity (Wildman–Crippen MR) is 146 cm³/mol. The van der Waals surface area contributed by atoms with Gasteiger partial charge in [-0.25, -0.2) is 4.98 Å². The SMILES string of the molecule is C=C(C)[C@@H]1CC[C@]2(C(=O)n3cncn3)CC[C@]3(C)C(CCC4[C@@]5(C)C=C(O)C(=O)C(C)(C)C5CC[C@]43C)C12. The van der Waals surface area contributed by atoms with E-state index in [4.69, 9.17) is 0 Å². The number of rotatable bonds is 2. The number of carbonyl (C=O) groups excluding carboxylic acids is 2. The molecule has 1 aromatic rings. The molecule has 0 saturated heterocycles. The summed E-state index contributed by atoms with van der Waals surface area (Å²) >= 11 is 0. The lowest BCUT2D eigenvalue weighted by Crippen LogP contribution is -2.66. The summed E-state index contributed by atoms with van der Waals surface area (Å²) < 4.78 is 1.49. The molecule has 0 aliphatic heterocycles. The molecule has 1 aromatic heterocycles. The Morgan fingerprint density at radius 1 is 1.00 bits per heavy atom. The molecular formula is C32H45N3O3. The van der Waals surface area contributed by atoms with E-state index in [0.29, 0.717) is 17.8 Å². The molecule has 0 aromatic carbocycles. The molecular weight excluding hydrogens is 474 g/mol. The van der Waals surface area contributed by atoms with Crippen molar-refractivity contribution >= 4 is 11.7 Å². The Kier molecular flexibility index (Phi) is 5.42. The maximum absolute atomic E-state index is 14.1. The Morgan fingerprint density at radius 2 is 1.74 bits per heavy atom. The molecule has 6 rings (SSSR count). The highest BCUT2D eigenvalue weighted by atomic mass is 16.3. The number of allylic oxidation sites excluding steroid dienone is 3. The summed E-state index contributed by atoms with van der Waals surface area (Å²) in [4.78, 5) is 31.2. The van der Waals surface area contributed by atoms with Crippen LogP contribution >= 0.6 is 0 Å². The van der Waals surface area contributed by atoms with E-state index in [1.54, 1.807) is 6.33 Å². The first-order chi connectivity index (χ1) is 17.7. The lowest BCUT2D eigenvalue weighted by molar-refractivity contribution is -0.215. The van der Waals surface area contributed by atoms with Crippen molar-refractivity contribution in [3.63, 3.8) is 0 Å². The van der Waals surface area contributed by atoms with Crippen LogP contribution in [0.25, 0.3) is 0 Å². The zero-order valence-corrected chi connectivity index (χ0v) is 24.1. The van der Waals surface area contributed by atoms with Crippen molar-refractivity contribution in [2.75, 3.05) is 0 Å². The van der Waals surface area contributed by atoms with Crippen molar-refractivity contribution in [2.24, 2.45) is 56.7 Å². The van der Waals surface area contributed by atoms with E-state index in [1.165, 1.54) is 16.6 Å². The summed E-state index contributed by atoms with van der Waals surface area (Å²) in [5.74, 6) is 1.61. The molecule has 38 heavy (non-hydrogen) atoms. The number of carbonyl (C=O) groups is 2. The standard InChI is InChI=1S/C32H45N3O3/c1-19(2)20-10-13-32(27(38)35-18-33-17-34-35)15-14-30(6)21(25(20)32)8-9-24-29(5)16-22(36)26(37)28(3,4)23(29)11-12-31(24,30)7/h16-18,20-21,23-25,36H,1,8-15H2,2-7H3/t20-,21?,23?,24?,25?,29-,30+,31+,32-/m0/s1. The fourth-order valence-electron chi connectivity index (χ4n) is 11.5. The van der Waals surface area contributed by atoms with E-state index in [-0.39, 0.29) is 45.5 Å². The molecule has 4 fully saturated rings. The summed E-state index contributed by atoms with van der Waals surface area (Å²) in [6.07, 6.45) is 13.0. The van der Waals surface area contributed by atoms with Gasteiger partial charge in [0.25, 0.3) is 5.91 Å². The van der Waals surface area contributed by atoms with Crippen LogP contribution in [0.5, 0.6) is 0 Å². The lowest BCUT2D eigenvalue weighted by Gasteiger charge is -2.71. The highest BCUT2D eigenvalue weighted by molar-refractivity contribution is 5.98. The number of ketones is 1. The average molecular weight is 520 g/mol. The summed E-state index contributed by atoms with van der Waals surface area (Å²) in [5.41, 5.74) is 0.123. The normalized spacial score (nSPS) is 47.3. The van der Waals surface area contributed by atoms with Gasteiger partial charge in [0.05, 0.1) is 5.41 Å². The second-order valence-corrected chi connectivity index (χ2v) is 14.9. The predicted octanol–water partition coefficient (Wildman–Crippen LogP) is 6.81. The molecule has 0 bridgehead atoms. The van der Waals surface area contributed by atoms with E-state index < -0.39 is 10.8 Å². The van der Waals surface area contributed by atoms with Crippen LogP contribution in [-0.4, -0.2) is 31.6 Å². The van der Waals surface area contributed by atoms with Crippen molar-refractivity contribution in [2.45, 2.75) is 92.9 Å². The number of nitrogens with zero attached hydrogens (tertiary/aromatic N) is 3. The zero-order chi connectivity index (χ0) is 27.5. The second kappa shape index (κ2) is 7.91. The fourth-order valence-corrected chi connectivity index (χ4v) is 11.5. The Morgan fingerprint density at radius 3 is 2.39 bits per heavy atom. The fraction of sp³-hybridized carbons (Fsp3) is 0.750. The Balaban J connectivity index is 1.44. The van der Waals surface area contributed by atoms with Crippen molar-refractivity contribution in [1.29, 1.82) is 0 Å². The third kappa shape index (κ3) is 2.95. The van der Waals surface area contributed by atoms with E-state index in [1.807, 2.05) is 19.9 Å². The van der Waals surface area contributed by atoms with Gasteiger partial charge in [-0.15, -0.1) is 0 Å². The number of hydrogen-bond donors (Lipinski definition) is 1. The molecule has 0 radical (unpaired) electrons. The Hall–Kier alpha value is -2.24. The van der Waals surface area contributed by atoms with Gasteiger partial charge in [0, 0.05) is 5.41 Å². The van der Waals surface area contributed by atoms with Crippen molar-refractivity contribution in [3.8, 4) is 0 Å². The van der Waals surface area contributed by atoms with Crippen molar-refractivity contribution in [1.82, 2.24) is 14.8 Å². The van der Waals surface area contributed by atoms with Gasteiger partial charge in [0.15, 0.2) is 5.76 Å². The van der Waals surface area contributed by atoms with E-state index in [0.717, 1.165) is 51.4 Å². The topological polar surface area (TPSA) is 85.1 Å². The Bertz CT molecular complexity index is 1230. The maximum atomic E-state index is 14.1. The summed E-state index contributed by atoms with van der Waals surface area (Å²) in [6, 6.07) is 0. The Labute approximate surface area is 227 Å². The number of fused-ring (bicyclic) bond motifs is 7. The first-order valence-electron chi connectivity index (χ1n) is 14.8. The van der Waals surface area contributed by atoms with E-state index in [2.05, 4.69) is 44.4 Å². The second-order valence-electron chi connectivity index (χ2n) is 14.9. The van der Waals surface area contributed by atoms with Gasteiger partial charge in [0.2, 0.25) is 5.78 Å². The van der Waals surface area contributed by atoms with Crippen LogP contribution < -0.4 is 0 Å². The summed E-state index contributed by atoms with van der Waals surface area (Å²) in [6.45, 7) is 18.0. The van der Waals surface area contributed by atoms with Crippen LogP contribution in [0.2, 0.25) is 0 Å². The first kappa shape index (κ1) is 26.0. The molecule has 1 N–H and O–H groups in total. The molecule has 6 nitrogen and oxygen atoms in total. The van der Waals surface area contributed by atoms with E-state index in [9.17, 15) is 14.7 Å². The highest BCUT2D eigenvalue weighted by Crippen LogP contribution is 2.77. The minimum atomic E-state index is -0.560. The third-order valence-corrected chi connectivity index (χ3v) is 13.4. The van der Waals surface area contributed by atoms with Crippen LogP contribution in [0.3, 0.4) is 0 Å². The maximum Gasteiger partial charge on any atom is 0.254 e. The smallest absolute Gasteiger partial charge is 0.254 e. The molecule has 0 spiro atoms. The minimum absolute atomic E-state index is 0.0375.